The number of fused-ring (bicyclic) bond motifs is 1. The number of ketones is 1. The molecule has 0 atom stereocenters. The van der Waals surface area contributed by atoms with Crippen LogP contribution in [0.15, 0.2) is 66.7 Å². The molecular formula is C28H30N2O4. The second kappa shape index (κ2) is 10.9. The average Bonchev–Trinajstić information content (AvgIpc) is 3.29. The van der Waals surface area contributed by atoms with Crippen molar-refractivity contribution in [1.82, 2.24) is 0 Å². The minimum Gasteiger partial charge on any atom is -0.490 e. The van der Waals surface area contributed by atoms with Crippen molar-refractivity contribution >= 4 is 28.8 Å². The Bertz CT molecular complexity index is 1160. The summed E-state index contributed by atoms with van der Waals surface area (Å²) >= 11 is 0. The Morgan fingerprint density at radius 3 is 2.38 bits per heavy atom. The van der Waals surface area contributed by atoms with Crippen LogP contribution < -0.4 is 19.7 Å². The number of Topliss-reactive ketones (excluding diaryl/α,β-unsaturated/α-hetero) is 1. The van der Waals surface area contributed by atoms with Crippen LogP contribution in [-0.4, -0.2) is 31.4 Å². The highest BCUT2D eigenvalue weighted by atomic mass is 16.5. The van der Waals surface area contributed by atoms with E-state index in [2.05, 4.69) is 34.5 Å². The fraction of sp³-hybridized carbons (Fsp3) is 0.286. The number of para-hydroxylation sites is 1. The maximum absolute atomic E-state index is 12.6. The molecule has 0 aliphatic carbocycles. The topological polar surface area (TPSA) is 67.9 Å². The van der Waals surface area contributed by atoms with Crippen molar-refractivity contribution in [3.8, 4) is 11.5 Å². The van der Waals surface area contributed by atoms with Gasteiger partial charge in [0, 0.05) is 42.0 Å². The highest BCUT2D eigenvalue weighted by molar-refractivity contribution is 6.00. The molecule has 0 spiro atoms. The predicted octanol–water partition coefficient (Wildman–Crippen LogP) is 5.78. The van der Waals surface area contributed by atoms with E-state index in [-0.39, 0.29) is 24.5 Å². The smallest absolute Gasteiger partial charge is 0.224 e. The lowest BCUT2D eigenvalue weighted by Crippen LogP contribution is -2.15. The van der Waals surface area contributed by atoms with Crippen molar-refractivity contribution in [2.75, 3.05) is 30.0 Å². The lowest BCUT2D eigenvalue weighted by molar-refractivity contribution is -0.116. The average molecular weight is 459 g/mol. The number of carbonyl (C=O) groups is 2. The number of benzene rings is 3. The molecule has 4 rings (SSSR count). The van der Waals surface area contributed by atoms with Crippen molar-refractivity contribution in [2.45, 2.75) is 33.1 Å². The molecule has 1 aliphatic rings. The van der Waals surface area contributed by atoms with E-state index in [1.807, 2.05) is 38.1 Å². The summed E-state index contributed by atoms with van der Waals surface area (Å²) in [6.45, 7) is 5.71. The van der Waals surface area contributed by atoms with Crippen LogP contribution >= 0.6 is 0 Å². The molecule has 1 aliphatic heterocycles. The van der Waals surface area contributed by atoms with Crippen LogP contribution in [0.5, 0.6) is 11.5 Å². The molecule has 176 valence electrons. The zero-order valence-corrected chi connectivity index (χ0v) is 19.7. The summed E-state index contributed by atoms with van der Waals surface area (Å²) in [6.07, 6.45) is 1.26. The molecule has 0 saturated carbocycles. The van der Waals surface area contributed by atoms with Crippen LogP contribution in [0, 0.1) is 0 Å². The van der Waals surface area contributed by atoms with Crippen LogP contribution in [0.25, 0.3) is 0 Å². The Labute approximate surface area is 200 Å². The third-order valence-electron chi connectivity index (χ3n) is 5.79. The molecule has 0 saturated heterocycles. The van der Waals surface area contributed by atoms with Gasteiger partial charge in [-0.3, -0.25) is 9.59 Å². The second-order valence-corrected chi connectivity index (χ2v) is 8.08. The van der Waals surface area contributed by atoms with Gasteiger partial charge in [-0.15, -0.1) is 0 Å². The summed E-state index contributed by atoms with van der Waals surface area (Å²) in [6, 6.07) is 21.4. The third-order valence-corrected chi connectivity index (χ3v) is 5.79. The first-order valence-electron chi connectivity index (χ1n) is 11.8. The van der Waals surface area contributed by atoms with Crippen molar-refractivity contribution in [3.05, 3.63) is 77.9 Å². The van der Waals surface area contributed by atoms with Crippen molar-refractivity contribution in [3.63, 3.8) is 0 Å². The summed E-state index contributed by atoms with van der Waals surface area (Å²) in [5.41, 5.74) is 4.91. The molecule has 0 unspecified atom stereocenters. The number of nitrogens with zero attached hydrogens (tertiary/aromatic N) is 1. The Balaban J connectivity index is 1.32. The van der Waals surface area contributed by atoms with Crippen LogP contribution in [-0.2, 0) is 11.2 Å². The Kier molecular flexibility index (Phi) is 7.48. The van der Waals surface area contributed by atoms with Crippen molar-refractivity contribution < 1.29 is 19.1 Å². The number of amides is 1. The number of rotatable bonds is 10. The van der Waals surface area contributed by atoms with Crippen molar-refractivity contribution in [1.29, 1.82) is 0 Å². The van der Waals surface area contributed by atoms with Gasteiger partial charge in [0.15, 0.2) is 17.3 Å². The Morgan fingerprint density at radius 1 is 0.882 bits per heavy atom. The van der Waals surface area contributed by atoms with E-state index in [0.717, 1.165) is 18.7 Å². The first-order chi connectivity index (χ1) is 16.6. The molecule has 0 bridgehead atoms. The lowest BCUT2D eigenvalue weighted by Gasteiger charge is -2.20. The molecule has 0 fully saturated rings. The maximum atomic E-state index is 12.6. The second-order valence-electron chi connectivity index (χ2n) is 8.08. The van der Waals surface area contributed by atoms with E-state index in [9.17, 15) is 9.59 Å². The summed E-state index contributed by atoms with van der Waals surface area (Å²) in [7, 11) is 0. The van der Waals surface area contributed by atoms with Gasteiger partial charge in [-0.1, -0.05) is 18.2 Å². The van der Waals surface area contributed by atoms with E-state index in [1.54, 1.807) is 18.2 Å². The third kappa shape index (κ3) is 5.39. The highest BCUT2D eigenvalue weighted by Gasteiger charge is 2.19. The van der Waals surface area contributed by atoms with Gasteiger partial charge in [0.25, 0.3) is 0 Å². The number of hydrogen-bond acceptors (Lipinski definition) is 5. The van der Waals surface area contributed by atoms with Gasteiger partial charge >= 0.3 is 0 Å². The molecule has 1 N–H and O–H groups in total. The van der Waals surface area contributed by atoms with Gasteiger partial charge in [0.2, 0.25) is 5.91 Å². The first kappa shape index (κ1) is 23.4. The fourth-order valence-electron chi connectivity index (χ4n) is 4.15. The molecule has 0 radical (unpaired) electrons. The fourth-order valence-corrected chi connectivity index (χ4v) is 4.15. The van der Waals surface area contributed by atoms with E-state index >= 15 is 0 Å². The van der Waals surface area contributed by atoms with Crippen LogP contribution in [0.2, 0.25) is 0 Å². The molecule has 3 aromatic carbocycles. The van der Waals surface area contributed by atoms with Crippen LogP contribution in [0.1, 0.15) is 42.6 Å². The van der Waals surface area contributed by atoms with Gasteiger partial charge < -0.3 is 19.7 Å². The standard InChI is InChI=1S/C28H30N2O4/c1-3-33-26-15-9-21(19-27(26)34-4-2)25(31)14-16-28(32)29-22-10-12-23(13-11-22)30-18-17-20-7-5-6-8-24(20)30/h5-13,15,19H,3-4,14,16-18H2,1-2H3,(H,29,32). The Morgan fingerprint density at radius 2 is 1.62 bits per heavy atom. The van der Waals surface area contributed by atoms with Crippen LogP contribution in [0.4, 0.5) is 17.1 Å². The highest BCUT2D eigenvalue weighted by Crippen LogP contribution is 2.34. The molecular weight excluding hydrogens is 428 g/mol. The summed E-state index contributed by atoms with van der Waals surface area (Å²) in [4.78, 5) is 27.4. The normalized spacial score (nSPS) is 12.2. The van der Waals surface area contributed by atoms with Gasteiger partial charge in [-0.05, 0) is 74.4 Å². The van der Waals surface area contributed by atoms with E-state index in [4.69, 9.17) is 9.47 Å². The number of hydrogen-bond donors (Lipinski definition) is 1. The minimum absolute atomic E-state index is 0.108. The van der Waals surface area contributed by atoms with Gasteiger partial charge in [-0.25, -0.2) is 0 Å². The maximum Gasteiger partial charge on any atom is 0.224 e. The molecule has 1 heterocycles. The van der Waals surface area contributed by atoms with E-state index in [0.29, 0.717) is 36.0 Å². The minimum atomic E-state index is -0.191. The van der Waals surface area contributed by atoms with Gasteiger partial charge in [0.05, 0.1) is 13.2 Å². The SMILES string of the molecule is CCOc1ccc(C(=O)CCC(=O)Nc2ccc(N3CCc4ccccc43)cc2)cc1OCC. The zero-order chi connectivity index (χ0) is 23.9. The van der Waals surface area contributed by atoms with Crippen molar-refractivity contribution in [2.24, 2.45) is 0 Å². The van der Waals surface area contributed by atoms with Crippen LogP contribution in [0.3, 0.4) is 0 Å². The molecule has 34 heavy (non-hydrogen) atoms. The molecule has 6 nitrogen and oxygen atoms in total. The lowest BCUT2D eigenvalue weighted by atomic mass is 10.1. The number of anilines is 3. The number of nitrogens with one attached hydrogen (secondary N) is 1. The molecule has 0 aromatic heterocycles. The van der Waals surface area contributed by atoms with Gasteiger partial charge in [-0.2, -0.15) is 0 Å². The number of carbonyl (C=O) groups excluding carboxylic acids is 2. The molecule has 6 heteroatoms. The Hall–Kier alpha value is -3.80. The predicted molar refractivity (Wildman–Crippen MR) is 135 cm³/mol. The molecule has 1 amide bonds. The first-order valence-corrected chi connectivity index (χ1v) is 11.8. The molecule has 3 aromatic rings. The summed E-state index contributed by atoms with van der Waals surface area (Å²) in [5, 5.41) is 2.89. The monoisotopic (exact) mass is 458 g/mol. The largest absolute Gasteiger partial charge is 0.490 e. The summed E-state index contributed by atoms with van der Waals surface area (Å²) in [5.74, 6) is 0.852. The van der Waals surface area contributed by atoms with E-state index in [1.165, 1.54) is 11.3 Å². The zero-order valence-electron chi connectivity index (χ0n) is 19.7. The quantitative estimate of drug-likeness (QED) is 0.390. The van der Waals surface area contributed by atoms with Gasteiger partial charge in [0.1, 0.15) is 0 Å². The summed E-state index contributed by atoms with van der Waals surface area (Å²) < 4.78 is 11.1. The number of ether oxygens (including phenoxy) is 2. The van der Waals surface area contributed by atoms with E-state index < -0.39 is 0 Å².